The van der Waals surface area contributed by atoms with Crippen molar-refractivity contribution in [3.8, 4) is 0 Å². The maximum Gasteiger partial charge on any atom is 0.363 e. The minimum atomic E-state index is -1.36. The van der Waals surface area contributed by atoms with Crippen LogP contribution in [0, 0.1) is 16.0 Å². The molecule has 7 heteroatoms. The zero-order chi connectivity index (χ0) is 11.7. The highest BCUT2D eigenvalue weighted by atomic mass is 16.6. The second-order valence-corrected chi connectivity index (χ2v) is 3.94. The number of nitrogens with zero attached hydrogens (tertiary/aromatic N) is 3. The van der Waals surface area contributed by atoms with Crippen LogP contribution in [0.15, 0.2) is 6.20 Å². The predicted molar refractivity (Wildman–Crippen MR) is 53.2 cm³/mol. The van der Waals surface area contributed by atoms with Crippen molar-refractivity contribution >= 4 is 11.7 Å². The van der Waals surface area contributed by atoms with E-state index >= 15 is 0 Å². The molecule has 1 fully saturated rings. The monoisotopic (exact) mass is 225 g/mol. The van der Waals surface area contributed by atoms with Gasteiger partial charge in [-0.05, 0) is 18.8 Å². The summed E-state index contributed by atoms with van der Waals surface area (Å²) in [6, 6.07) is 0. The van der Waals surface area contributed by atoms with Gasteiger partial charge >= 0.3 is 11.7 Å². The fraction of sp³-hybridized carbons (Fsp3) is 0.556. The third-order valence-corrected chi connectivity index (χ3v) is 2.81. The van der Waals surface area contributed by atoms with E-state index in [0.717, 1.165) is 12.8 Å². The molecule has 0 atom stereocenters. The van der Waals surface area contributed by atoms with Crippen molar-refractivity contribution in [1.29, 1.82) is 0 Å². The van der Waals surface area contributed by atoms with Crippen LogP contribution in [-0.2, 0) is 6.54 Å². The molecule has 2 rings (SSSR count). The normalized spacial score (nSPS) is 15.8. The molecule has 1 aromatic heterocycles. The van der Waals surface area contributed by atoms with E-state index in [1.165, 1.54) is 17.3 Å². The summed E-state index contributed by atoms with van der Waals surface area (Å²) in [5.74, 6) is -0.889. The van der Waals surface area contributed by atoms with Gasteiger partial charge in [-0.2, -0.15) is 5.10 Å². The van der Waals surface area contributed by atoms with Gasteiger partial charge in [0.15, 0.2) is 0 Å². The van der Waals surface area contributed by atoms with Gasteiger partial charge < -0.3 is 5.11 Å². The van der Waals surface area contributed by atoms with E-state index in [4.69, 9.17) is 5.11 Å². The SMILES string of the molecule is O=C(O)c1nn(CC2CCC2)cc1[N+](=O)[O-]. The van der Waals surface area contributed by atoms with Gasteiger partial charge in [0.2, 0.25) is 5.69 Å². The molecule has 0 spiro atoms. The van der Waals surface area contributed by atoms with Crippen molar-refractivity contribution in [2.24, 2.45) is 5.92 Å². The molecular weight excluding hydrogens is 214 g/mol. The molecule has 0 aliphatic heterocycles. The number of carboxylic acid groups (broad SMARTS) is 1. The molecular formula is C9H11N3O4. The van der Waals surface area contributed by atoms with Gasteiger partial charge in [-0.15, -0.1) is 0 Å². The zero-order valence-electron chi connectivity index (χ0n) is 8.50. The van der Waals surface area contributed by atoms with Crippen molar-refractivity contribution in [3.05, 3.63) is 22.0 Å². The lowest BCUT2D eigenvalue weighted by atomic mass is 9.85. The molecule has 1 N–H and O–H groups in total. The summed E-state index contributed by atoms with van der Waals surface area (Å²) in [4.78, 5) is 20.6. The quantitative estimate of drug-likeness (QED) is 0.614. The Hall–Kier alpha value is -1.92. The molecule has 0 unspecified atom stereocenters. The minimum absolute atomic E-state index is 0.438. The average molecular weight is 225 g/mol. The molecule has 1 aromatic rings. The lowest BCUT2D eigenvalue weighted by molar-refractivity contribution is -0.385. The smallest absolute Gasteiger partial charge is 0.363 e. The maximum absolute atomic E-state index is 10.7. The molecule has 86 valence electrons. The number of aromatic carboxylic acids is 1. The molecule has 0 radical (unpaired) electrons. The van der Waals surface area contributed by atoms with Crippen LogP contribution in [0.2, 0.25) is 0 Å². The molecule has 0 bridgehead atoms. The van der Waals surface area contributed by atoms with Gasteiger partial charge in [0.05, 0.1) is 4.92 Å². The number of hydrogen-bond donors (Lipinski definition) is 1. The van der Waals surface area contributed by atoms with Crippen LogP contribution in [-0.4, -0.2) is 25.8 Å². The summed E-state index contributed by atoms with van der Waals surface area (Å²) in [6.45, 7) is 0.564. The first-order valence-electron chi connectivity index (χ1n) is 5.03. The van der Waals surface area contributed by atoms with Crippen LogP contribution in [0.3, 0.4) is 0 Å². The van der Waals surface area contributed by atoms with Gasteiger partial charge in [0.25, 0.3) is 0 Å². The van der Waals surface area contributed by atoms with Gasteiger partial charge in [-0.1, -0.05) is 6.42 Å². The number of carbonyl (C=O) groups is 1. The van der Waals surface area contributed by atoms with Gasteiger partial charge in [0.1, 0.15) is 6.20 Å². The van der Waals surface area contributed by atoms with Crippen molar-refractivity contribution in [3.63, 3.8) is 0 Å². The molecule has 7 nitrogen and oxygen atoms in total. The highest BCUT2D eigenvalue weighted by Crippen LogP contribution is 2.28. The lowest BCUT2D eigenvalue weighted by Gasteiger charge is -2.24. The summed E-state index contributed by atoms with van der Waals surface area (Å²) in [5, 5.41) is 23.1. The van der Waals surface area contributed by atoms with E-state index in [-0.39, 0.29) is 0 Å². The van der Waals surface area contributed by atoms with Gasteiger partial charge in [0, 0.05) is 6.54 Å². The number of carboxylic acids is 1. The van der Waals surface area contributed by atoms with E-state index in [1.54, 1.807) is 0 Å². The van der Waals surface area contributed by atoms with E-state index in [1.807, 2.05) is 0 Å². The first-order valence-corrected chi connectivity index (χ1v) is 5.03. The number of aromatic nitrogens is 2. The third-order valence-electron chi connectivity index (χ3n) is 2.81. The fourth-order valence-corrected chi connectivity index (χ4v) is 1.73. The summed E-state index contributed by atoms with van der Waals surface area (Å²) in [7, 11) is 0. The lowest BCUT2D eigenvalue weighted by Crippen LogP contribution is -2.18. The van der Waals surface area contributed by atoms with Crippen LogP contribution in [0.25, 0.3) is 0 Å². The third kappa shape index (κ3) is 1.88. The molecule has 0 amide bonds. The zero-order valence-corrected chi connectivity index (χ0v) is 8.50. The second-order valence-electron chi connectivity index (χ2n) is 3.94. The van der Waals surface area contributed by atoms with Crippen molar-refractivity contribution in [1.82, 2.24) is 9.78 Å². The topological polar surface area (TPSA) is 98.3 Å². The van der Waals surface area contributed by atoms with E-state index in [9.17, 15) is 14.9 Å². The van der Waals surface area contributed by atoms with Crippen LogP contribution >= 0.6 is 0 Å². The number of rotatable bonds is 4. The Morgan fingerprint density at radius 1 is 1.69 bits per heavy atom. The van der Waals surface area contributed by atoms with Crippen LogP contribution in [0.4, 0.5) is 5.69 Å². The number of hydrogen-bond acceptors (Lipinski definition) is 4. The minimum Gasteiger partial charge on any atom is -0.476 e. The van der Waals surface area contributed by atoms with Crippen LogP contribution in [0.1, 0.15) is 29.8 Å². The van der Waals surface area contributed by atoms with E-state index in [2.05, 4.69) is 5.10 Å². The molecule has 0 saturated heterocycles. The first kappa shape index (κ1) is 10.6. The van der Waals surface area contributed by atoms with Gasteiger partial charge in [-0.3, -0.25) is 14.8 Å². The van der Waals surface area contributed by atoms with Crippen molar-refractivity contribution in [2.75, 3.05) is 0 Å². The largest absolute Gasteiger partial charge is 0.476 e. The summed E-state index contributed by atoms with van der Waals surface area (Å²) in [5.41, 5.74) is -0.920. The van der Waals surface area contributed by atoms with E-state index in [0.29, 0.717) is 12.5 Å². The average Bonchev–Trinajstić information content (AvgIpc) is 2.55. The standard InChI is InChI=1S/C9H11N3O4/c13-9(14)8-7(12(15)16)5-11(10-8)4-6-2-1-3-6/h5-6H,1-4H2,(H,13,14). The molecule has 0 aromatic carbocycles. The molecule has 1 heterocycles. The molecule has 16 heavy (non-hydrogen) atoms. The van der Waals surface area contributed by atoms with Gasteiger partial charge in [-0.25, -0.2) is 4.79 Å². The molecule has 1 aliphatic carbocycles. The maximum atomic E-state index is 10.7. The molecule has 1 aliphatic rings. The number of nitro groups is 1. The Morgan fingerprint density at radius 2 is 2.38 bits per heavy atom. The Bertz CT molecular complexity index is 404. The Kier molecular flexibility index (Phi) is 2.59. The van der Waals surface area contributed by atoms with Crippen LogP contribution in [0.5, 0.6) is 0 Å². The van der Waals surface area contributed by atoms with Crippen LogP contribution < -0.4 is 0 Å². The first-order chi connectivity index (χ1) is 7.58. The second kappa shape index (κ2) is 3.92. The highest BCUT2D eigenvalue weighted by molar-refractivity contribution is 5.89. The Labute approximate surface area is 90.8 Å². The fourth-order valence-electron chi connectivity index (χ4n) is 1.73. The Balaban J connectivity index is 2.23. The van der Waals surface area contributed by atoms with Crippen molar-refractivity contribution in [2.45, 2.75) is 25.8 Å². The summed E-state index contributed by atoms with van der Waals surface area (Å²) < 4.78 is 1.37. The van der Waals surface area contributed by atoms with E-state index < -0.39 is 22.3 Å². The summed E-state index contributed by atoms with van der Waals surface area (Å²) >= 11 is 0. The Morgan fingerprint density at radius 3 is 2.75 bits per heavy atom. The summed E-state index contributed by atoms with van der Waals surface area (Å²) in [6.07, 6.45) is 4.52. The highest BCUT2D eigenvalue weighted by Gasteiger charge is 2.27. The predicted octanol–water partition coefficient (Wildman–Crippen LogP) is 1.29. The van der Waals surface area contributed by atoms with Crippen molar-refractivity contribution < 1.29 is 14.8 Å². The molecule has 1 saturated carbocycles.